The summed E-state index contributed by atoms with van der Waals surface area (Å²) in [6.45, 7) is -2.38. The number of anilines is 1. The highest BCUT2D eigenvalue weighted by Gasteiger charge is 2.03. The average molecular weight is 267 g/mol. The summed E-state index contributed by atoms with van der Waals surface area (Å²) in [7, 11) is 0. The molecule has 0 atom stereocenters. The van der Waals surface area contributed by atoms with Crippen LogP contribution in [0.15, 0.2) is 48.5 Å². The van der Waals surface area contributed by atoms with E-state index < -0.39 is 6.61 Å². The largest absolute Gasteiger partial charge is 0.435 e. The van der Waals surface area contributed by atoms with Crippen LogP contribution < -0.4 is 10.1 Å². The predicted molar refractivity (Wildman–Crippen MR) is 66.8 cm³/mol. The molecule has 19 heavy (non-hydrogen) atoms. The van der Waals surface area contributed by atoms with Crippen LogP contribution in [0.1, 0.15) is 5.56 Å². The van der Waals surface area contributed by atoms with Gasteiger partial charge in [-0.2, -0.15) is 8.78 Å². The molecule has 0 spiro atoms. The van der Waals surface area contributed by atoms with Crippen LogP contribution >= 0.6 is 0 Å². The van der Waals surface area contributed by atoms with Gasteiger partial charge in [0.2, 0.25) is 0 Å². The van der Waals surface area contributed by atoms with Crippen molar-refractivity contribution < 1.29 is 17.9 Å². The van der Waals surface area contributed by atoms with Crippen LogP contribution in [0.3, 0.4) is 0 Å². The third-order valence-electron chi connectivity index (χ3n) is 2.47. The molecule has 5 heteroatoms. The van der Waals surface area contributed by atoms with Gasteiger partial charge in [0.05, 0.1) is 0 Å². The zero-order valence-electron chi connectivity index (χ0n) is 9.95. The molecule has 0 fully saturated rings. The third-order valence-corrected chi connectivity index (χ3v) is 2.47. The molecule has 2 aromatic rings. The number of hydrogen-bond donors (Lipinski definition) is 1. The number of benzene rings is 2. The Morgan fingerprint density at radius 3 is 2.42 bits per heavy atom. The van der Waals surface area contributed by atoms with E-state index in [1.54, 1.807) is 24.3 Å². The summed E-state index contributed by atoms with van der Waals surface area (Å²) in [6.07, 6.45) is 0. The SMILES string of the molecule is Fc1cccc(CNc2ccc(OC(F)F)cc2)c1. The lowest BCUT2D eigenvalue weighted by Gasteiger charge is -2.08. The quantitative estimate of drug-likeness (QED) is 0.882. The molecule has 0 radical (unpaired) electrons. The molecule has 1 N–H and O–H groups in total. The second-order valence-corrected chi connectivity index (χ2v) is 3.89. The van der Waals surface area contributed by atoms with Crippen molar-refractivity contribution in [3.63, 3.8) is 0 Å². The number of hydrogen-bond acceptors (Lipinski definition) is 2. The Morgan fingerprint density at radius 1 is 1.05 bits per heavy atom. The maximum absolute atomic E-state index is 13.0. The summed E-state index contributed by atoms with van der Waals surface area (Å²) in [4.78, 5) is 0. The zero-order chi connectivity index (χ0) is 13.7. The van der Waals surface area contributed by atoms with Gasteiger partial charge in [-0.05, 0) is 42.0 Å². The van der Waals surface area contributed by atoms with Crippen molar-refractivity contribution in [3.8, 4) is 5.75 Å². The minimum absolute atomic E-state index is 0.103. The van der Waals surface area contributed by atoms with Crippen LogP contribution in [0.2, 0.25) is 0 Å². The fourth-order valence-corrected chi connectivity index (χ4v) is 1.61. The van der Waals surface area contributed by atoms with Crippen LogP contribution in [0, 0.1) is 5.82 Å². The highest BCUT2D eigenvalue weighted by molar-refractivity contribution is 5.46. The number of halogens is 3. The van der Waals surface area contributed by atoms with E-state index in [9.17, 15) is 13.2 Å². The van der Waals surface area contributed by atoms with Crippen molar-refractivity contribution in [3.05, 3.63) is 59.9 Å². The van der Waals surface area contributed by atoms with Gasteiger partial charge < -0.3 is 10.1 Å². The Hall–Kier alpha value is -2.17. The van der Waals surface area contributed by atoms with Gasteiger partial charge in [0.1, 0.15) is 11.6 Å². The van der Waals surface area contributed by atoms with E-state index >= 15 is 0 Å². The number of ether oxygens (including phenoxy) is 1. The van der Waals surface area contributed by atoms with Gasteiger partial charge in [-0.25, -0.2) is 4.39 Å². The molecule has 2 nitrogen and oxygen atoms in total. The summed E-state index contributed by atoms with van der Waals surface area (Å²) in [5, 5.41) is 3.06. The van der Waals surface area contributed by atoms with Gasteiger partial charge in [-0.15, -0.1) is 0 Å². The van der Waals surface area contributed by atoms with Crippen LogP contribution in [0.4, 0.5) is 18.9 Å². The van der Waals surface area contributed by atoms with Crippen LogP contribution in [-0.2, 0) is 6.54 Å². The topological polar surface area (TPSA) is 21.3 Å². The third kappa shape index (κ3) is 4.21. The van der Waals surface area contributed by atoms with Crippen molar-refractivity contribution in [1.82, 2.24) is 0 Å². The lowest BCUT2D eigenvalue weighted by atomic mass is 10.2. The molecule has 0 saturated carbocycles. The fourth-order valence-electron chi connectivity index (χ4n) is 1.61. The Balaban J connectivity index is 1.93. The zero-order valence-corrected chi connectivity index (χ0v) is 9.95. The summed E-state index contributed by atoms with van der Waals surface area (Å²) < 4.78 is 41.1. The van der Waals surface area contributed by atoms with E-state index in [2.05, 4.69) is 10.1 Å². The Morgan fingerprint density at radius 2 is 1.79 bits per heavy atom. The second kappa shape index (κ2) is 6.13. The van der Waals surface area contributed by atoms with E-state index in [0.717, 1.165) is 11.3 Å². The van der Waals surface area contributed by atoms with Gasteiger partial charge in [0.15, 0.2) is 0 Å². The van der Waals surface area contributed by atoms with Crippen LogP contribution in [-0.4, -0.2) is 6.61 Å². The van der Waals surface area contributed by atoms with E-state index in [4.69, 9.17) is 0 Å². The molecule has 0 aromatic heterocycles. The molecule has 0 aliphatic heterocycles. The lowest BCUT2D eigenvalue weighted by molar-refractivity contribution is -0.0498. The summed E-state index contributed by atoms with van der Waals surface area (Å²) in [6, 6.07) is 12.4. The van der Waals surface area contributed by atoms with Gasteiger partial charge in [0.25, 0.3) is 0 Å². The minimum Gasteiger partial charge on any atom is -0.435 e. The van der Waals surface area contributed by atoms with Gasteiger partial charge >= 0.3 is 6.61 Å². The molecule has 0 heterocycles. The smallest absolute Gasteiger partial charge is 0.387 e. The lowest BCUT2D eigenvalue weighted by Crippen LogP contribution is -2.02. The van der Waals surface area contributed by atoms with Crippen molar-refractivity contribution in [1.29, 1.82) is 0 Å². The Bertz CT molecular complexity index is 528. The first-order valence-corrected chi connectivity index (χ1v) is 5.67. The van der Waals surface area contributed by atoms with Crippen molar-refractivity contribution >= 4 is 5.69 Å². The first-order valence-electron chi connectivity index (χ1n) is 5.67. The molecule has 0 amide bonds. The van der Waals surface area contributed by atoms with Gasteiger partial charge in [0, 0.05) is 12.2 Å². The molecule has 0 unspecified atom stereocenters. The number of alkyl halides is 2. The second-order valence-electron chi connectivity index (χ2n) is 3.89. The minimum atomic E-state index is -2.83. The fraction of sp³-hybridized carbons (Fsp3) is 0.143. The van der Waals surface area contributed by atoms with Crippen molar-refractivity contribution in [2.24, 2.45) is 0 Å². The molecule has 0 bridgehead atoms. The number of nitrogens with one attached hydrogen (secondary N) is 1. The maximum Gasteiger partial charge on any atom is 0.387 e. The molecule has 0 saturated heterocycles. The summed E-state index contributed by atoms with van der Waals surface area (Å²) in [5.41, 5.74) is 1.54. The molecule has 2 rings (SSSR count). The molecular weight excluding hydrogens is 255 g/mol. The monoisotopic (exact) mass is 267 g/mol. The molecule has 0 aliphatic carbocycles. The first-order chi connectivity index (χ1) is 9.13. The predicted octanol–water partition coefficient (Wildman–Crippen LogP) is 4.04. The van der Waals surface area contributed by atoms with Gasteiger partial charge in [-0.3, -0.25) is 0 Å². The van der Waals surface area contributed by atoms with E-state index in [-0.39, 0.29) is 11.6 Å². The molecule has 2 aromatic carbocycles. The first kappa shape index (κ1) is 13.3. The molecule has 100 valence electrons. The standard InChI is InChI=1S/C14H12F3NO/c15-11-3-1-2-10(8-11)9-18-12-4-6-13(7-5-12)19-14(16)17/h1-8,14,18H,9H2. The normalized spacial score (nSPS) is 10.5. The van der Waals surface area contributed by atoms with Gasteiger partial charge in [-0.1, -0.05) is 12.1 Å². The maximum atomic E-state index is 13.0. The molecule has 0 aliphatic rings. The highest BCUT2D eigenvalue weighted by atomic mass is 19.3. The Kier molecular flexibility index (Phi) is 4.28. The van der Waals surface area contributed by atoms with E-state index in [1.165, 1.54) is 24.3 Å². The molecular formula is C14H12F3NO. The van der Waals surface area contributed by atoms with Crippen LogP contribution in [0.5, 0.6) is 5.75 Å². The van der Waals surface area contributed by atoms with E-state index in [0.29, 0.717) is 6.54 Å². The summed E-state index contributed by atoms with van der Waals surface area (Å²) >= 11 is 0. The average Bonchev–Trinajstić information content (AvgIpc) is 2.37. The summed E-state index contributed by atoms with van der Waals surface area (Å²) in [5.74, 6) is -0.189. The number of rotatable bonds is 5. The van der Waals surface area contributed by atoms with Crippen LogP contribution in [0.25, 0.3) is 0 Å². The van der Waals surface area contributed by atoms with E-state index in [1.807, 2.05) is 0 Å². The van der Waals surface area contributed by atoms with Crippen molar-refractivity contribution in [2.45, 2.75) is 13.2 Å². The Labute approximate surface area is 108 Å². The van der Waals surface area contributed by atoms with Crippen molar-refractivity contribution in [2.75, 3.05) is 5.32 Å². The highest BCUT2D eigenvalue weighted by Crippen LogP contribution is 2.18.